The number of benzene rings is 2. The largest absolute Gasteiger partial charge is 0.481 e. The van der Waals surface area contributed by atoms with Gasteiger partial charge < -0.3 is 19.9 Å². The van der Waals surface area contributed by atoms with E-state index in [4.69, 9.17) is 6.42 Å². The van der Waals surface area contributed by atoms with Gasteiger partial charge in [0.05, 0.1) is 23.6 Å². The number of carbonyl (C=O) groups is 2. The van der Waals surface area contributed by atoms with Crippen LogP contribution in [-0.2, 0) is 22.2 Å². The fourth-order valence-electron chi connectivity index (χ4n) is 5.63. The summed E-state index contributed by atoms with van der Waals surface area (Å²) >= 11 is 0. The Labute approximate surface area is 270 Å². The van der Waals surface area contributed by atoms with Gasteiger partial charge in [-0.05, 0) is 98.8 Å². The summed E-state index contributed by atoms with van der Waals surface area (Å²) in [6.07, 6.45) is 0.923. The Morgan fingerprint density at radius 3 is 2.19 bits per heavy atom. The molecule has 2 N–H and O–H groups in total. The van der Waals surface area contributed by atoms with Crippen LogP contribution in [0.5, 0.6) is 0 Å². The van der Waals surface area contributed by atoms with E-state index in [0.717, 1.165) is 10.8 Å². The van der Waals surface area contributed by atoms with E-state index in [2.05, 4.69) is 11.2 Å². The van der Waals surface area contributed by atoms with Crippen LogP contribution in [0.1, 0.15) is 72.2 Å². The summed E-state index contributed by atoms with van der Waals surface area (Å²) in [7, 11) is 3.36. The molecule has 0 spiro atoms. The fraction of sp³-hybridized carbons (Fsp3) is 0.400. The van der Waals surface area contributed by atoms with Crippen molar-refractivity contribution in [3.63, 3.8) is 0 Å². The molecular formula is C35H38F5N3O4. The first-order valence-corrected chi connectivity index (χ1v) is 14.9. The van der Waals surface area contributed by atoms with Crippen LogP contribution in [0.2, 0.25) is 0 Å². The van der Waals surface area contributed by atoms with Crippen molar-refractivity contribution < 1.29 is 36.6 Å². The highest BCUT2D eigenvalue weighted by atomic mass is 19.4. The van der Waals surface area contributed by atoms with E-state index >= 15 is 4.39 Å². The van der Waals surface area contributed by atoms with Crippen molar-refractivity contribution in [2.24, 2.45) is 5.92 Å². The van der Waals surface area contributed by atoms with Crippen molar-refractivity contribution in [1.29, 1.82) is 0 Å². The average molecular weight is 660 g/mol. The number of carboxylic acid groups (broad SMARTS) is 1. The average Bonchev–Trinajstić information content (AvgIpc) is 2.94. The maximum absolute atomic E-state index is 15.8. The zero-order chi connectivity index (χ0) is 35.4. The van der Waals surface area contributed by atoms with Crippen LogP contribution in [0.15, 0.2) is 41.3 Å². The Bertz CT molecular complexity index is 1730. The summed E-state index contributed by atoms with van der Waals surface area (Å²) < 4.78 is 72.5. The number of halogens is 5. The molecule has 0 aliphatic carbocycles. The molecule has 0 fully saturated rings. The lowest BCUT2D eigenvalue weighted by atomic mass is 9.90. The van der Waals surface area contributed by atoms with Gasteiger partial charge in [-0.2, -0.15) is 13.2 Å². The molecule has 0 unspecified atom stereocenters. The van der Waals surface area contributed by atoms with Crippen LogP contribution in [0.3, 0.4) is 0 Å². The molecule has 0 saturated carbocycles. The van der Waals surface area contributed by atoms with Gasteiger partial charge in [-0.15, -0.1) is 6.42 Å². The number of terminal acetylenes is 1. The number of nitrogens with zero attached hydrogens (tertiary/aromatic N) is 2. The number of aryl methyl sites for hydroxylation is 2. The molecule has 2 atom stereocenters. The third kappa shape index (κ3) is 9.07. The number of hydrogen-bond donors (Lipinski definition) is 2. The Hall–Kier alpha value is -4.50. The van der Waals surface area contributed by atoms with Crippen LogP contribution < -0.4 is 10.9 Å². The highest BCUT2D eigenvalue weighted by Crippen LogP contribution is 2.35. The van der Waals surface area contributed by atoms with Crippen LogP contribution in [0, 0.1) is 43.7 Å². The zero-order valence-electron chi connectivity index (χ0n) is 27.1. The molecular weight excluding hydrogens is 621 g/mol. The molecule has 3 rings (SSSR count). The number of aliphatic carboxylic acids is 1. The Morgan fingerprint density at radius 1 is 1.06 bits per heavy atom. The van der Waals surface area contributed by atoms with E-state index in [1.807, 2.05) is 0 Å². The second-order valence-corrected chi connectivity index (χ2v) is 12.3. The number of hydrogen-bond acceptors (Lipinski definition) is 4. The molecule has 0 aliphatic rings. The van der Waals surface area contributed by atoms with E-state index in [1.165, 1.54) is 24.3 Å². The Kier molecular flexibility index (Phi) is 11.7. The maximum atomic E-state index is 15.8. The van der Waals surface area contributed by atoms with Crippen LogP contribution in [-0.4, -0.2) is 47.1 Å². The molecule has 252 valence electrons. The first kappa shape index (κ1) is 37.0. The first-order chi connectivity index (χ1) is 21.8. The van der Waals surface area contributed by atoms with Gasteiger partial charge in [0, 0.05) is 24.4 Å². The second-order valence-electron chi connectivity index (χ2n) is 12.3. The van der Waals surface area contributed by atoms with Gasteiger partial charge in [0.1, 0.15) is 17.7 Å². The molecule has 1 heterocycles. The lowest BCUT2D eigenvalue weighted by Crippen LogP contribution is -2.41. The maximum Gasteiger partial charge on any atom is 0.416 e. The topological polar surface area (TPSA) is 91.6 Å². The van der Waals surface area contributed by atoms with Crippen molar-refractivity contribution in [3.8, 4) is 23.5 Å². The minimum atomic E-state index is -4.82. The zero-order valence-corrected chi connectivity index (χ0v) is 27.1. The van der Waals surface area contributed by atoms with Crippen molar-refractivity contribution in [1.82, 2.24) is 14.8 Å². The van der Waals surface area contributed by atoms with Crippen LogP contribution >= 0.6 is 0 Å². The number of likely N-dealkylation sites (N-methyl/N-ethyl adjacent to an activating group) is 1. The molecule has 0 radical (unpaired) electrons. The molecule has 0 aliphatic heterocycles. The molecule has 7 nitrogen and oxygen atoms in total. The van der Waals surface area contributed by atoms with Gasteiger partial charge in [-0.25, -0.2) is 8.78 Å². The lowest BCUT2D eigenvalue weighted by molar-refractivity contribution is -0.139. The number of rotatable bonds is 12. The van der Waals surface area contributed by atoms with Crippen molar-refractivity contribution in [3.05, 3.63) is 91.9 Å². The quantitative estimate of drug-likeness (QED) is 0.173. The molecule has 0 bridgehead atoms. The molecule has 3 aromatic rings. The van der Waals surface area contributed by atoms with E-state index in [0.29, 0.717) is 28.3 Å². The van der Waals surface area contributed by atoms with E-state index in [1.54, 1.807) is 46.7 Å². The number of alkyl halides is 3. The molecule has 1 aromatic heterocycles. The van der Waals surface area contributed by atoms with Crippen LogP contribution in [0.25, 0.3) is 11.1 Å². The number of aromatic nitrogens is 1. The molecule has 0 saturated heterocycles. The molecule has 2 aromatic carbocycles. The minimum Gasteiger partial charge on any atom is -0.481 e. The van der Waals surface area contributed by atoms with E-state index in [9.17, 15) is 37.1 Å². The van der Waals surface area contributed by atoms with Gasteiger partial charge >= 0.3 is 12.1 Å². The smallest absolute Gasteiger partial charge is 0.416 e. The van der Waals surface area contributed by atoms with E-state index in [-0.39, 0.29) is 42.0 Å². The predicted molar refractivity (Wildman–Crippen MR) is 169 cm³/mol. The van der Waals surface area contributed by atoms with Crippen molar-refractivity contribution in [2.75, 3.05) is 20.6 Å². The van der Waals surface area contributed by atoms with Gasteiger partial charge in [-0.1, -0.05) is 19.8 Å². The highest BCUT2D eigenvalue weighted by Gasteiger charge is 2.36. The summed E-state index contributed by atoms with van der Waals surface area (Å²) in [5.41, 5.74) is -0.974. The SMILES string of the molecule is C#Cc1cc(-c2c(C)cc(F)cc2C)cc([C@H](CC(=O)O)NC(=O)[C@H](CC(C)C)n2cc(CCN(C)C)c(C(F)(F)F)cc2=O)c1F. The Morgan fingerprint density at radius 2 is 1.68 bits per heavy atom. The number of pyridine rings is 1. The monoisotopic (exact) mass is 659 g/mol. The summed E-state index contributed by atoms with van der Waals surface area (Å²) in [6, 6.07) is 2.85. The molecule has 1 amide bonds. The highest BCUT2D eigenvalue weighted by molar-refractivity contribution is 5.82. The van der Waals surface area contributed by atoms with Crippen molar-refractivity contribution >= 4 is 11.9 Å². The predicted octanol–water partition coefficient (Wildman–Crippen LogP) is 6.43. The third-order valence-electron chi connectivity index (χ3n) is 7.74. The van der Waals surface area contributed by atoms with Gasteiger partial charge in [0.15, 0.2) is 0 Å². The number of amides is 1. The molecule has 12 heteroatoms. The first-order valence-electron chi connectivity index (χ1n) is 14.9. The minimum absolute atomic E-state index is 0.00386. The number of carboxylic acids is 1. The molecule has 47 heavy (non-hydrogen) atoms. The van der Waals surface area contributed by atoms with Gasteiger partial charge in [0.25, 0.3) is 5.56 Å². The van der Waals surface area contributed by atoms with Gasteiger partial charge in [0.2, 0.25) is 5.91 Å². The number of nitrogens with one attached hydrogen (secondary N) is 1. The van der Waals surface area contributed by atoms with Gasteiger partial charge in [-0.3, -0.25) is 14.4 Å². The summed E-state index contributed by atoms with van der Waals surface area (Å²) in [6.45, 7) is 7.00. The summed E-state index contributed by atoms with van der Waals surface area (Å²) in [5, 5.41) is 12.3. The van der Waals surface area contributed by atoms with E-state index < -0.39 is 59.3 Å². The van der Waals surface area contributed by atoms with Crippen molar-refractivity contribution in [2.45, 2.75) is 65.2 Å². The third-order valence-corrected chi connectivity index (χ3v) is 7.74. The summed E-state index contributed by atoms with van der Waals surface area (Å²) in [5.74, 6) is -1.74. The summed E-state index contributed by atoms with van der Waals surface area (Å²) in [4.78, 5) is 40.7. The number of carbonyl (C=O) groups excluding carboxylic acids is 1. The fourth-order valence-corrected chi connectivity index (χ4v) is 5.63. The Balaban J connectivity index is 2.18. The standard InChI is InChI=1S/C35H38F5N3O4/c1-8-22-14-24(32-20(4)12-25(36)13-21(32)5)15-26(33(22)37)28(17-31(45)46)41-34(47)29(11-19(2)3)43-18-23(9-10-42(6)7)27(16-30(43)44)35(38,39)40/h1,12-16,18-19,28-29H,9-11,17H2,2-7H3,(H,41,47)(H,45,46)/t28-,29-/m0/s1. The normalized spacial score (nSPS) is 13.0. The van der Waals surface area contributed by atoms with Crippen LogP contribution in [0.4, 0.5) is 22.0 Å². The lowest BCUT2D eigenvalue weighted by Gasteiger charge is -2.27. The second kappa shape index (κ2) is 14.9.